The van der Waals surface area contributed by atoms with Crippen LogP contribution in [0, 0.1) is 0 Å². The molecule has 0 saturated carbocycles. The summed E-state index contributed by atoms with van der Waals surface area (Å²) in [5, 5.41) is 7.42. The zero-order chi connectivity index (χ0) is 20.8. The summed E-state index contributed by atoms with van der Waals surface area (Å²) in [6.07, 6.45) is 6.00. The molecule has 9 heteroatoms. The number of nitrogens with one attached hydrogen (secondary N) is 1. The fraction of sp³-hybridized carbons (Fsp3) is 0.333. The molecule has 1 aromatic carbocycles. The third-order valence-corrected chi connectivity index (χ3v) is 5.95. The lowest BCUT2D eigenvalue weighted by Crippen LogP contribution is -2.48. The monoisotopic (exact) mass is 446 g/mol. The molecule has 2 unspecified atom stereocenters. The number of amides is 1. The summed E-state index contributed by atoms with van der Waals surface area (Å²) in [5.41, 5.74) is 5.71. The SMILES string of the molecule is CC1=CC2Oc3c(C(=O)NN4CCOCC4)nn(-c4ccc(Cl)cc4Cl)c3C2C=C1. The standard InChI is InChI=1S/C21H20Cl2N4O3/c1-12-2-4-14-17(10-12)30-20-18(21(28)25-26-6-8-29-9-7-26)24-27(19(14)20)16-5-3-13(22)11-15(16)23/h2-5,10-11,14,17H,6-9H2,1H3,(H,25,28). The highest BCUT2D eigenvalue weighted by atomic mass is 35.5. The summed E-state index contributed by atoms with van der Waals surface area (Å²) in [6.45, 7) is 4.40. The molecule has 3 heterocycles. The Kier molecular flexibility index (Phi) is 5.06. The Morgan fingerprint density at radius 1 is 1.27 bits per heavy atom. The minimum atomic E-state index is -0.319. The highest BCUT2D eigenvalue weighted by Gasteiger charge is 2.41. The second-order valence-electron chi connectivity index (χ2n) is 7.49. The maximum Gasteiger partial charge on any atom is 0.289 e. The third-order valence-electron chi connectivity index (χ3n) is 5.42. The first-order valence-electron chi connectivity index (χ1n) is 9.76. The number of carbonyl (C=O) groups is 1. The van der Waals surface area contributed by atoms with Gasteiger partial charge in [-0.05, 0) is 31.2 Å². The molecule has 0 radical (unpaired) electrons. The maximum absolute atomic E-state index is 13.1. The lowest BCUT2D eigenvalue weighted by molar-refractivity contribution is 0.0123. The normalized spacial score (nSPS) is 22.8. The first-order valence-corrected chi connectivity index (χ1v) is 10.5. The first kappa shape index (κ1) is 19.6. The highest BCUT2D eigenvalue weighted by Crippen LogP contribution is 2.45. The minimum Gasteiger partial charge on any atom is -0.481 e. The molecule has 1 aliphatic carbocycles. The smallest absolute Gasteiger partial charge is 0.289 e. The second kappa shape index (κ2) is 7.74. The van der Waals surface area contributed by atoms with Crippen molar-refractivity contribution in [2.45, 2.75) is 18.9 Å². The Bertz CT molecular complexity index is 1070. The lowest BCUT2D eigenvalue weighted by Gasteiger charge is -2.26. The molecular weight excluding hydrogens is 427 g/mol. The van der Waals surface area contributed by atoms with E-state index in [2.05, 4.69) is 22.7 Å². The Hall–Kier alpha value is -2.32. The van der Waals surface area contributed by atoms with Crippen molar-refractivity contribution in [1.29, 1.82) is 0 Å². The molecule has 5 rings (SSSR count). The summed E-state index contributed by atoms with van der Waals surface area (Å²) in [7, 11) is 0. The number of hydrogen-bond donors (Lipinski definition) is 1. The number of hydrazine groups is 1. The van der Waals surface area contributed by atoms with E-state index in [1.54, 1.807) is 22.9 Å². The van der Waals surface area contributed by atoms with E-state index in [9.17, 15) is 4.79 Å². The van der Waals surface area contributed by atoms with Gasteiger partial charge in [-0.3, -0.25) is 10.2 Å². The van der Waals surface area contributed by atoms with Crippen LogP contribution in [-0.2, 0) is 4.74 Å². The molecule has 7 nitrogen and oxygen atoms in total. The van der Waals surface area contributed by atoms with Crippen molar-refractivity contribution in [3.63, 3.8) is 0 Å². The molecule has 3 aliphatic rings. The van der Waals surface area contributed by atoms with Gasteiger partial charge in [0.2, 0.25) is 0 Å². The lowest BCUT2D eigenvalue weighted by atomic mass is 9.93. The second-order valence-corrected chi connectivity index (χ2v) is 8.33. The zero-order valence-corrected chi connectivity index (χ0v) is 17.8. The Labute approximate surface area is 183 Å². The van der Waals surface area contributed by atoms with Crippen LogP contribution in [-0.4, -0.2) is 53.1 Å². The van der Waals surface area contributed by atoms with Gasteiger partial charge >= 0.3 is 0 Å². The Balaban J connectivity index is 1.57. The fourth-order valence-corrected chi connectivity index (χ4v) is 4.44. The van der Waals surface area contributed by atoms with Crippen molar-refractivity contribution in [1.82, 2.24) is 20.2 Å². The van der Waals surface area contributed by atoms with Gasteiger partial charge in [-0.2, -0.15) is 5.10 Å². The molecular formula is C21H20Cl2N4O3. The number of carbonyl (C=O) groups excluding carboxylic acids is 1. The van der Waals surface area contributed by atoms with Crippen LogP contribution in [0.25, 0.3) is 5.69 Å². The molecule has 2 atom stereocenters. The fourth-order valence-electron chi connectivity index (χ4n) is 3.96. The summed E-state index contributed by atoms with van der Waals surface area (Å²) in [6, 6.07) is 5.20. The van der Waals surface area contributed by atoms with E-state index in [4.69, 9.17) is 32.7 Å². The number of rotatable bonds is 3. The van der Waals surface area contributed by atoms with E-state index >= 15 is 0 Å². The topological polar surface area (TPSA) is 68.6 Å². The Morgan fingerprint density at radius 3 is 2.83 bits per heavy atom. The number of nitrogens with zero attached hydrogens (tertiary/aromatic N) is 3. The summed E-state index contributed by atoms with van der Waals surface area (Å²) < 4.78 is 13.2. The molecule has 156 valence electrons. The van der Waals surface area contributed by atoms with Gasteiger partial charge in [0.05, 0.1) is 35.5 Å². The largest absolute Gasteiger partial charge is 0.481 e. The molecule has 1 amide bonds. The molecule has 30 heavy (non-hydrogen) atoms. The molecule has 2 aliphatic heterocycles. The van der Waals surface area contributed by atoms with Gasteiger partial charge in [-0.1, -0.05) is 40.9 Å². The van der Waals surface area contributed by atoms with E-state index in [0.29, 0.717) is 47.8 Å². The van der Waals surface area contributed by atoms with Gasteiger partial charge in [0.1, 0.15) is 6.10 Å². The van der Waals surface area contributed by atoms with Crippen LogP contribution in [0.5, 0.6) is 5.75 Å². The van der Waals surface area contributed by atoms with Gasteiger partial charge in [0.25, 0.3) is 5.91 Å². The van der Waals surface area contributed by atoms with Gasteiger partial charge in [-0.25, -0.2) is 9.69 Å². The van der Waals surface area contributed by atoms with Crippen LogP contribution < -0.4 is 10.2 Å². The predicted molar refractivity (Wildman–Crippen MR) is 113 cm³/mol. The van der Waals surface area contributed by atoms with Gasteiger partial charge in [0.15, 0.2) is 11.4 Å². The summed E-state index contributed by atoms with van der Waals surface area (Å²) in [5.74, 6) is 0.102. The van der Waals surface area contributed by atoms with Crippen LogP contribution in [0.3, 0.4) is 0 Å². The van der Waals surface area contributed by atoms with Crippen LogP contribution in [0.1, 0.15) is 29.0 Å². The van der Waals surface area contributed by atoms with E-state index in [0.717, 1.165) is 11.3 Å². The van der Waals surface area contributed by atoms with E-state index in [-0.39, 0.29) is 23.6 Å². The summed E-state index contributed by atoms with van der Waals surface area (Å²) >= 11 is 12.5. The number of hydrogen-bond acceptors (Lipinski definition) is 5. The van der Waals surface area contributed by atoms with E-state index in [1.165, 1.54) is 0 Å². The van der Waals surface area contributed by atoms with Crippen molar-refractivity contribution in [3.05, 3.63) is 63.4 Å². The minimum absolute atomic E-state index is 0.0621. The number of benzene rings is 1. The Morgan fingerprint density at radius 2 is 2.07 bits per heavy atom. The van der Waals surface area contributed by atoms with Gasteiger partial charge < -0.3 is 9.47 Å². The first-order chi connectivity index (χ1) is 14.5. The average Bonchev–Trinajstić information content (AvgIpc) is 3.25. The zero-order valence-electron chi connectivity index (χ0n) is 16.3. The van der Waals surface area contributed by atoms with Crippen molar-refractivity contribution >= 4 is 29.1 Å². The van der Waals surface area contributed by atoms with Crippen LogP contribution in [0.15, 0.2) is 42.0 Å². The number of allylic oxidation sites excluding steroid dienone is 2. The van der Waals surface area contributed by atoms with E-state index < -0.39 is 0 Å². The number of halogens is 2. The number of morpholine rings is 1. The number of aromatic nitrogens is 2. The molecule has 2 aromatic rings. The third kappa shape index (κ3) is 3.41. The molecule has 0 bridgehead atoms. The number of ether oxygens (including phenoxy) is 2. The molecule has 1 fully saturated rings. The van der Waals surface area contributed by atoms with Crippen molar-refractivity contribution in [3.8, 4) is 11.4 Å². The van der Waals surface area contributed by atoms with Gasteiger partial charge in [-0.15, -0.1) is 0 Å². The predicted octanol–water partition coefficient (Wildman–Crippen LogP) is 3.52. The average molecular weight is 447 g/mol. The molecule has 1 saturated heterocycles. The van der Waals surface area contributed by atoms with Gasteiger partial charge in [0, 0.05) is 18.1 Å². The van der Waals surface area contributed by atoms with Crippen LogP contribution in [0.4, 0.5) is 0 Å². The van der Waals surface area contributed by atoms with Crippen LogP contribution >= 0.6 is 23.2 Å². The van der Waals surface area contributed by atoms with Crippen molar-refractivity contribution in [2.75, 3.05) is 26.3 Å². The summed E-state index contributed by atoms with van der Waals surface area (Å²) in [4.78, 5) is 13.1. The highest BCUT2D eigenvalue weighted by molar-refractivity contribution is 6.35. The van der Waals surface area contributed by atoms with E-state index in [1.807, 2.05) is 18.0 Å². The van der Waals surface area contributed by atoms with Crippen molar-refractivity contribution < 1.29 is 14.3 Å². The molecule has 1 aromatic heterocycles. The molecule has 1 N–H and O–H groups in total. The number of fused-ring (bicyclic) bond motifs is 3. The maximum atomic E-state index is 13.1. The van der Waals surface area contributed by atoms with Crippen LogP contribution in [0.2, 0.25) is 10.0 Å². The quantitative estimate of drug-likeness (QED) is 0.780. The molecule has 0 spiro atoms. The van der Waals surface area contributed by atoms with Crippen molar-refractivity contribution in [2.24, 2.45) is 0 Å².